The topological polar surface area (TPSA) is 49.8 Å². The summed E-state index contributed by atoms with van der Waals surface area (Å²) in [7, 11) is 0. The molecule has 3 rings (SSSR count). The number of nitrogens with one attached hydrogen (secondary N) is 2. The number of aromatic nitrogens is 2. The van der Waals surface area contributed by atoms with Gasteiger partial charge in [-0.1, -0.05) is 35.9 Å². The van der Waals surface area contributed by atoms with Gasteiger partial charge in [-0.3, -0.25) is 9.89 Å². The summed E-state index contributed by atoms with van der Waals surface area (Å²) in [6, 6.07) is 17.6. The van der Waals surface area contributed by atoms with Crippen LogP contribution in [0.2, 0.25) is 0 Å². The fourth-order valence-electron chi connectivity index (χ4n) is 2.18. The molecule has 0 saturated carbocycles. The van der Waals surface area contributed by atoms with Crippen molar-refractivity contribution in [3.8, 4) is 5.69 Å². The number of rotatable bonds is 3. The first-order valence-corrected chi connectivity index (χ1v) is 6.86. The fraction of sp³-hybridized carbons (Fsp3) is 0.118. The molecule has 0 aliphatic rings. The van der Waals surface area contributed by atoms with Crippen LogP contribution in [0.4, 0.5) is 11.5 Å². The first kappa shape index (κ1) is 13.2. The SMILES string of the molecule is Cc1ccc(-n2[nH]c(Nc3ccccc3)c(C)c2=O)cc1. The summed E-state index contributed by atoms with van der Waals surface area (Å²) in [5, 5.41) is 6.37. The quantitative estimate of drug-likeness (QED) is 0.770. The summed E-state index contributed by atoms with van der Waals surface area (Å²) in [4.78, 5) is 12.4. The van der Waals surface area contributed by atoms with Gasteiger partial charge in [-0.15, -0.1) is 0 Å². The van der Waals surface area contributed by atoms with Crippen molar-refractivity contribution < 1.29 is 0 Å². The Morgan fingerprint density at radius 1 is 0.952 bits per heavy atom. The van der Waals surface area contributed by atoms with Crippen LogP contribution in [0.5, 0.6) is 0 Å². The lowest BCUT2D eigenvalue weighted by Gasteiger charge is -2.05. The van der Waals surface area contributed by atoms with E-state index in [4.69, 9.17) is 0 Å². The highest BCUT2D eigenvalue weighted by molar-refractivity contribution is 5.59. The van der Waals surface area contributed by atoms with Crippen molar-refractivity contribution in [2.24, 2.45) is 0 Å². The number of H-pyrrole nitrogens is 1. The zero-order chi connectivity index (χ0) is 14.8. The molecule has 4 heteroatoms. The molecule has 2 aromatic carbocycles. The Kier molecular flexibility index (Phi) is 3.36. The molecule has 0 unspecified atom stereocenters. The maximum Gasteiger partial charge on any atom is 0.276 e. The lowest BCUT2D eigenvalue weighted by atomic mass is 10.2. The lowest BCUT2D eigenvalue weighted by Crippen LogP contribution is -2.15. The summed E-state index contributed by atoms with van der Waals surface area (Å²) in [5.74, 6) is 0.715. The van der Waals surface area contributed by atoms with Gasteiger partial charge >= 0.3 is 0 Å². The summed E-state index contributed by atoms with van der Waals surface area (Å²) < 4.78 is 1.56. The third-order valence-electron chi connectivity index (χ3n) is 3.46. The largest absolute Gasteiger partial charge is 0.340 e. The van der Waals surface area contributed by atoms with Crippen LogP contribution in [0.1, 0.15) is 11.1 Å². The lowest BCUT2D eigenvalue weighted by molar-refractivity contribution is 0.850. The van der Waals surface area contributed by atoms with Crippen molar-refractivity contribution >= 4 is 11.5 Å². The van der Waals surface area contributed by atoms with Crippen LogP contribution >= 0.6 is 0 Å². The van der Waals surface area contributed by atoms with Crippen LogP contribution in [-0.4, -0.2) is 9.78 Å². The van der Waals surface area contributed by atoms with Crippen LogP contribution < -0.4 is 10.9 Å². The molecule has 106 valence electrons. The number of hydrogen-bond acceptors (Lipinski definition) is 2. The van der Waals surface area contributed by atoms with Crippen molar-refractivity contribution in [3.63, 3.8) is 0 Å². The van der Waals surface area contributed by atoms with Crippen LogP contribution in [0.3, 0.4) is 0 Å². The Balaban J connectivity index is 1.99. The van der Waals surface area contributed by atoms with E-state index in [1.54, 1.807) is 4.68 Å². The molecule has 1 heterocycles. The summed E-state index contributed by atoms with van der Waals surface area (Å²) in [5.41, 5.74) is 3.56. The zero-order valence-corrected chi connectivity index (χ0v) is 12.1. The number of hydrogen-bond donors (Lipinski definition) is 2. The van der Waals surface area contributed by atoms with Crippen LogP contribution in [0, 0.1) is 13.8 Å². The molecule has 2 N–H and O–H groups in total. The van der Waals surface area contributed by atoms with Gasteiger partial charge in [-0.25, -0.2) is 4.68 Å². The second-order valence-electron chi connectivity index (χ2n) is 5.08. The van der Waals surface area contributed by atoms with E-state index in [0.29, 0.717) is 11.4 Å². The minimum absolute atomic E-state index is 0.0442. The van der Waals surface area contributed by atoms with Crippen LogP contribution in [-0.2, 0) is 0 Å². The van der Waals surface area contributed by atoms with Crippen molar-refractivity contribution in [2.45, 2.75) is 13.8 Å². The van der Waals surface area contributed by atoms with E-state index in [0.717, 1.165) is 16.9 Å². The summed E-state index contributed by atoms with van der Waals surface area (Å²) in [6.45, 7) is 3.84. The molecule has 0 aliphatic heterocycles. The molecule has 0 aliphatic carbocycles. The molecule has 0 bridgehead atoms. The van der Waals surface area contributed by atoms with Gasteiger partial charge in [0.15, 0.2) is 0 Å². The van der Waals surface area contributed by atoms with Gasteiger partial charge < -0.3 is 5.32 Å². The maximum atomic E-state index is 12.4. The van der Waals surface area contributed by atoms with E-state index < -0.39 is 0 Å². The average Bonchev–Trinajstić information content (AvgIpc) is 2.78. The van der Waals surface area contributed by atoms with Crippen LogP contribution in [0.25, 0.3) is 5.69 Å². The molecule has 1 aromatic heterocycles. The van der Waals surface area contributed by atoms with E-state index in [-0.39, 0.29) is 5.56 Å². The molecule has 0 atom stereocenters. The first-order chi connectivity index (χ1) is 10.1. The van der Waals surface area contributed by atoms with E-state index in [9.17, 15) is 4.79 Å². The van der Waals surface area contributed by atoms with Crippen LogP contribution in [0.15, 0.2) is 59.4 Å². The molecule has 0 spiro atoms. The van der Waals surface area contributed by atoms with Crippen molar-refractivity contribution in [1.82, 2.24) is 9.78 Å². The number of anilines is 2. The number of aryl methyl sites for hydroxylation is 1. The average molecular weight is 279 g/mol. The molecule has 3 aromatic rings. The predicted octanol–water partition coefficient (Wildman–Crippen LogP) is 3.53. The smallest absolute Gasteiger partial charge is 0.276 e. The number of para-hydroxylation sites is 1. The van der Waals surface area contributed by atoms with Crippen molar-refractivity contribution in [3.05, 3.63) is 76.1 Å². The minimum Gasteiger partial charge on any atom is -0.340 e. The van der Waals surface area contributed by atoms with E-state index in [2.05, 4.69) is 10.4 Å². The minimum atomic E-state index is -0.0442. The highest BCUT2D eigenvalue weighted by atomic mass is 16.1. The Morgan fingerprint density at radius 3 is 2.29 bits per heavy atom. The Labute approximate surface area is 123 Å². The number of aromatic amines is 1. The molecule has 0 radical (unpaired) electrons. The van der Waals surface area contributed by atoms with E-state index >= 15 is 0 Å². The molecule has 0 fully saturated rings. The Bertz CT molecular complexity index is 798. The third kappa shape index (κ3) is 2.60. The van der Waals surface area contributed by atoms with Gasteiger partial charge in [-0.2, -0.15) is 0 Å². The maximum absolute atomic E-state index is 12.4. The summed E-state index contributed by atoms with van der Waals surface area (Å²) in [6.07, 6.45) is 0. The second kappa shape index (κ2) is 5.32. The fourth-order valence-corrected chi connectivity index (χ4v) is 2.18. The highest BCUT2D eigenvalue weighted by Crippen LogP contribution is 2.17. The van der Waals surface area contributed by atoms with Gasteiger partial charge in [0.1, 0.15) is 5.82 Å². The monoisotopic (exact) mass is 279 g/mol. The van der Waals surface area contributed by atoms with Gasteiger partial charge in [0.05, 0.1) is 11.3 Å². The van der Waals surface area contributed by atoms with Gasteiger partial charge in [0.25, 0.3) is 5.56 Å². The normalized spacial score (nSPS) is 10.6. The Hall–Kier alpha value is -2.75. The summed E-state index contributed by atoms with van der Waals surface area (Å²) >= 11 is 0. The van der Waals surface area contributed by atoms with Gasteiger partial charge in [0.2, 0.25) is 0 Å². The first-order valence-electron chi connectivity index (χ1n) is 6.86. The molecular formula is C17H17N3O. The number of benzene rings is 2. The van der Waals surface area contributed by atoms with Gasteiger partial charge in [-0.05, 0) is 38.1 Å². The molecule has 0 saturated heterocycles. The molecule has 21 heavy (non-hydrogen) atoms. The standard InChI is InChI=1S/C17H17N3O/c1-12-8-10-15(11-9-12)20-17(21)13(2)16(19-20)18-14-6-4-3-5-7-14/h3-11,18-19H,1-2H3. The molecule has 4 nitrogen and oxygen atoms in total. The predicted molar refractivity (Wildman–Crippen MR) is 85.6 cm³/mol. The Morgan fingerprint density at radius 2 is 1.62 bits per heavy atom. The van der Waals surface area contributed by atoms with E-state index in [1.807, 2.05) is 68.4 Å². The molecule has 0 amide bonds. The second-order valence-corrected chi connectivity index (χ2v) is 5.08. The number of nitrogens with zero attached hydrogens (tertiary/aromatic N) is 1. The highest BCUT2D eigenvalue weighted by Gasteiger charge is 2.11. The van der Waals surface area contributed by atoms with Gasteiger partial charge in [0, 0.05) is 5.69 Å². The van der Waals surface area contributed by atoms with Crippen molar-refractivity contribution in [1.29, 1.82) is 0 Å². The zero-order valence-electron chi connectivity index (χ0n) is 12.1. The third-order valence-corrected chi connectivity index (χ3v) is 3.46. The van der Waals surface area contributed by atoms with E-state index in [1.165, 1.54) is 0 Å². The molecular weight excluding hydrogens is 262 g/mol. The van der Waals surface area contributed by atoms with Crippen molar-refractivity contribution in [2.75, 3.05) is 5.32 Å².